The number of rotatable bonds is 4. The third-order valence-electron chi connectivity index (χ3n) is 3.64. The Morgan fingerprint density at radius 1 is 1.42 bits per heavy atom. The number of carbonyl (C=O) groups excluding carboxylic acids is 1. The summed E-state index contributed by atoms with van der Waals surface area (Å²) < 4.78 is 24.1. The van der Waals surface area contributed by atoms with Crippen LogP contribution >= 0.6 is 0 Å². The molecule has 2 aromatic rings. The molecule has 126 valence electrons. The Bertz CT molecular complexity index is 728. The number of carbonyl (C=O) groups is 1. The smallest absolute Gasteiger partial charge is 0.260 e. The predicted octanol–water partition coefficient (Wildman–Crippen LogP) is 1.18. The monoisotopic (exact) mass is 332 g/mol. The van der Waals surface area contributed by atoms with Crippen LogP contribution in [0, 0.1) is 5.82 Å². The summed E-state index contributed by atoms with van der Waals surface area (Å²) in [5.74, 6) is -0.0290. The van der Waals surface area contributed by atoms with Crippen molar-refractivity contribution in [2.45, 2.75) is 6.10 Å². The third-order valence-corrected chi connectivity index (χ3v) is 3.64. The van der Waals surface area contributed by atoms with Crippen molar-refractivity contribution in [3.8, 4) is 5.75 Å². The number of morpholine rings is 1. The standard InChI is InChI=1S/C16H17FN4O3/c17-11-2-1-3-12(8-11)24-10-14(22)21-6-7-23-13(9-21)15-16(18)20-5-4-19-15/h1-5,8,13H,6-7,9-10H2,(H2,18,20)/t13-/m0/s1. The van der Waals surface area contributed by atoms with E-state index in [0.717, 1.165) is 0 Å². The van der Waals surface area contributed by atoms with Crippen molar-refractivity contribution in [3.05, 3.63) is 48.2 Å². The normalized spacial score (nSPS) is 17.5. The number of ether oxygens (including phenoxy) is 2. The Hall–Kier alpha value is -2.74. The van der Waals surface area contributed by atoms with Crippen LogP contribution in [0.5, 0.6) is 5.75 Å². The van der Waals surface area contributed by atoms with E-state index in [9.17, 15) is 9.18 Å². The zero-order valence-corrected chi connectivity index (χ0v) is 12.9. The zero-order valence-electron chi connectivity index (χ0n) is 12.9. The van der Waals surface area contributed by atoms with Gasteiger partial charge in [-0.3, -0.25) is 9.78 Å². The number of anilines is 1. The minimum atomic E-state index is -0.425. The van der Waals surface area contributed by atoms with Crippen molar-refractivity contribution < 1.29 is 18.7 Å². The number of nitrogens with zero attached hydrogens (tertiary/aromatic N) is 3. The molecular formula is C16H17FN4O3. The van der Waals surface area contributed by atoms with Gasteiger partial charge < -0.3 is 20.1 Å². The number of nitrogens with two attached hydrogens (primary N) is 1. The van der Waals surface area contributed by atoms with Gasteiger partial charge in [0.05, 0.1) is 13.2 Å². The molecule has 2 heterocycles. The van der Waals surface area contributed by atoms with Gasteiger partial charge in [0.25, 0.3) is 5.91 Å². The SMILES string of the molecule is Nc1nccnc1[C@@H]1CN(C(=O)COc2cccc(F)c2)CCO1. The quantitative estimate of drug-likeness (QED) is 0.904. The van der Waals surface area contributed by atoms with E-state index in [1.54, 1.807) is 11.0 Å². The second-order valence-electron chi connectivity index (χ2n) is 5.27. The molecule has 0 radical (unpaired) electrons. The number of hydrogen-bond donors (Lipinski definition) is 1. The molecule has 1 amide bonds. The van der Waals surface area contributed by atoms with Gasteiger partial charge in [-0.1, -0.05) is 6.07 Å². The molecule has 1 aromatic heterocycles. The van der Waals surface area contributed by atoms with Crippen LogP contribution in [-0.2, 0) is 9.53 Å². The number of hydrogen-bond acceptors (Lipinski definition) is 6. The van der Waals surface area contributed by atoms with E-state index in [2.05, 4.69) is 9.97 Å². The van der Waals surface area contributed by atoms with E-state index in [1.807, 2.05) is 0 Å². The van der Waals surface area contributed by atoms with E-state index >= 15 is 0 Å². The largest absolute Gasteiger partial charge is 0.484 e. The summed E-state index contributed by atoms with van der Waals surface area (Å²) >= 11 is 0. The maximum Gasteiger partial charge on any atom is 0.260 e. The number of benzene rings is 1. The fourth-order valence-electron chi connectivity index (χ4n) is 2.44. The number of halogens is 1. The van der Waals surface area contributed by atoms with E-state index in [0.29, 0.717) is 31.1 Å². The minimum absolute atomic E-state index is 0.174. The lowest BCUT2D eigenvalue weighted by Gasteiger charge is -2.32. The van der Waals surface area contributed by atoms with Gasteiger partial charge in [-0.2, -0.15) is 0 Å². The number of nitrogen functional groups attached to an aromatic ring is 1. The first-order valence-electron chi connectivity index (χ1n) is 7.47. The van der Waals surface area contributed by atoms with E-state index < -0.39 is 11.9 Å². The van der Waals surface area contributed by atoms with Crippen LogP contribution < -0.4 is 10.5 Å². The lowest BCUT2D eigenvalue weighted by molar-refractivity contribution is -0.141. The highest BCUT2D eigenvalue weighted by Crippen LogP contribution is 2.23. The first kappa shape index (κ1) is 16.1. The summed E-state index contributed by atoms with van der Waals surface area (Å²) in [4.78, 5) is 22.1. The molecule has 2 N–H and O–H groups in total. The summed E-state index contributed by atoms with van der Waals surface area (Å²) in [6.07, 6.45) is 2.60. The Kier molecular flexibility index (Phi) is 4.85. The molecule has 1 saturated heterocycles. The average molecular weight is 332 g/mol. The van der Waals surface area contributed by atoms with Crippen molar-refractivity contribution in [2.24, 2.45) is 0 Å². The van der Waals surface area contributed by atoms with Crippen molar-refractivity contribution >= 4 is 11.7 Å². The molecule has 8 heteroatoms. The predicted molar refractivity (Wildman–Crippen MR) is 83.6 cm³/mol. The van der Waals surface area contributed by atoms with Crippen LogP contribution in [0.15, 0.2) is 36.7 Å². The van der Waals surface area contributed by atoms with Crippen molar-refractivity contribution in [1.82, 2.24) is 14.9 Å². The Morgan fingerprint density at radius 2 is 2.25 bits per heavy atom. The molecule has 0 unspecified atom stereocenters. The summed E-state index contributed by atoms with van der Waals surface area (Å²) in [6, 6.07) is 5.66. The molecule has 0 spiro atoms. The molecular weight excluding hydrogens is 315 g/mol. The minimum Gasteiger partial charge on any atom is -0.484 e. The van der Waals surface area contributed by atoms with Crippen molar-refractivity contribution in [3.63, 3.8) is 0 Å². The first-order chi connectivity index (χ1) is 11.6. The summed E-state index contributed by atoms with van der Waals surface area (Å²) in [7, 11) is 0. The highest BCUT2D eigenvalue weighted by molar-refractivity contribution is 5.78. The third kappa shape index (κ3) is 3.77. The number of aromatic nitrogens is 2. The molecule has 1 aromatic carbocycles. The van der Waals surface area contributed by atoms with Gasteiger partial charge in [0.2, 0.25) is 0 Å². The molecule has 0 aliphatic carbocycles. The fraction of sp³-hybridized carbons (Fsp3) is 0.312. The molecule has 1 fully saturated rings. The number of amides is 1. The van der Waals surface area contributed by atoms with Gasteiger partial charge >= 0.3 is 0 Å². The van der Waals surface area contributed by atoms with Crippen LogP contribution in [0.25, 0.3) is 0 Å². The zero-order chi connectivity index (χ0) is 16.9. The topological polar surface area (TPSA) is 90.6 Å². The van der Waals surface area contributed by atoms with Gasteiger partial charge in [-0.25, -0.2) is 9.37 Å². The van der Waals surface area contributed by atoms with Crippen molar-refractivity contribution in [1.29, 1.82) is 0 Å². The first-order valence-corrected chi connectivity index (χ1v) is 7.47. The Morgan fingerprint density at radius 3 is 3.04 bits per heavy atom. The van der Waals surface area contributed by atoms with Crippen LogP contribution in [0.2, 0.25) is 0 Å². The summed E-state index contributed by atoms with van der Waals surface area (Å²) in [5, 5.41) is 0. The van der Waals surface area contributed by atoms with Crippen LogP contribution in [0.1, 0.15) is 11.8 Å². The molecule has 0 saturated carbocycles. The molecule has 1 atom stereocenters. The highest BCUT2D eigenvalue weighted by Gasteiger charge is 2.28. The maximum atomic E-state index is 13.1. The molecule has 1 aliphatic rings. The average Bonchev–Trinajstić information content (AvgIpc) is 2.60. The van der Waals surface area contributed by atoms with E-state index in [1.165, 1.54) is 30.6 Å². The second kappa shape index (κ2) is 7.22. The summed E-state index contributed by atoms with van der Waals surface area (Å²) in [5.41, 5.74) is 6.32. The highest BCUT2D eigenvalue weighted by atomic mass is 19.1. The summed E-state index contributed by atoms with van der Waals surface area (Å²) in [6.45, 7) is 0.953. The molecule has 1 aliphatic heterocycles. The lowest BCUT2D eigenvalue weighted by Crippen LogP contribution is -2.44. The van der Waals surface area contributed by atoms with Gasteiger partial charge in [-0.05, 0) is 12.1 Å². The van der Waals surface area contributed by atoms with Crippen LogP contribution in [-0.4, -0.2) is 47.1 Å². The molecule has 7 nitrogen and oxygen atoms in total. The van der Waals surface area contributed by atoms with E-state index in [4.69, 9.17) is 15.2 Å². The van der Waals surface area contributed by atoms with Gasteiger partial charge in [0.15, 0.2) is 6.61 Å². The second-order valence-corrected chi connectivity index (χ2v) is 5.27. The lowest BCUT2D eigenvalue weighted by atomic mass is 10.2. The Labute approximate surface area is 138 Å². The van der Waals surface area contributed by atoms with Crippen LogP contribution in [0.4, 0.5) is 10.2 Å². The van der Waals surface area contributed by atoms with Gasteiger partial charge in [0, 0.05) is 25.0 Å². The fourth-order valence-corrected chi connectivity index (χ4v) is 2.44. The van der Waals surface area contributed by atoms with Crippen molar-refractivity contribution in [2.75, 3.05) is 32.0 Å². The molecule has 3 rings (SSSR count). The maximum absolute atomic E-state index is 13.1. The molecule has 0 bridgehead atoms. The van der Waals surface area contributed by atoms with Crippen LogP contribution in [0.3, 0.4) is 0 Å². The van der Waals surface area contributed by atoms with E-state index in [-0.39, 0.29) is 18.3 Å². The van der Waals surface area contributed by atoms with Gasteiger partial charge in [0.1, 0.15) is 29.2 Å². The Balaban J connectivity index is 1.60. The van der Waals surface area contributed by atoms with Gasteiger partial charge in [-0.15, -0.1) is 0 Å². The molecule has 24 heavy (non-hydrogen) atoms.